The van der Waals surface area contributed by atoms with Crippen molar-refractivity contribution >= 4 is 23.6 Å². The van der Waals surface area contributed by atoms with E-state index < -0.39 is 6.03 Å². The van der Waals surface area contributed by atoms with Gasteiger partial charge in [-0.25, -0.2) is 9.18 Å². The summed E-state index contributed by atoms with van der Waals surface area (Å²) in [6, 6.07) is 9.53. The number of hydrogen-bond donors (Lipinski definition) is 2. The van der Waals surface area contributed by atoms with E-state index in [-0.39, 0.29) is 25.7 Å². The lowest BCUT2D eigenvalue weighted by Gasteiger charge is -2.30. The summed E-state index contributed by atoms with van der Waals surface area (Å²) < 4.78 is 14.2. The summed E-state index contributed by atoms with van der Waals surface area (Å²) in [5.74, 6) is -0.610. The van der Waals surface area contributed by atoms with Crippen LogP contribution in [0.5, 0.6) is 0 Å². The Morgan fingerprint density at radius 3 is 2.52 bits per heavy atom. The van der Waals surface area contributed by atoms with E-state index in [0.717, 1.165) is 16.7 Å². The fourth-order valence-electron chi connectivity index (χ4n) is 2.91. The number of halogens is 2. The third-order valence-electron chi connectivity index (χ3n) is 4.01. The largest absolute Gasteiger partial charge is 0.370 e. The van der Waals surface area contributed by atoms with Crippen LogP contribution in [0.15, 0.2) is 41.4 Å². The third-order valence-corrected chi connectivity index (χ3v) is 4.37. The number of nitrogens with two attached hydrogens (primary N) is 2. The van der Waals surface area contributed by atoms with E-state index in [9.17, 15) is 9.18 Å². The maximum absolute atomic E-state index is 14.2. The second-order valence-corrected chi connectivity index (χ2v) is 5.93. The first-order chi connectivity index (χ1) is 11.5. The van der Waals surface area contributed by atoms with E-state index in [4.69, 9.17) is 23.1 Å². The minimum atomic E-state index is -0.514. The minimum Gasteiger partial charge on any atom is -0.370 e. The van der Waals surface area contributed by atoms with Crippen molar-refractivity contribution in [3.8, 4) is 11.1 Å². The van der Waals surface area contributed by atoms with E-state index in [1.165, 1.54) is 11.0 Å². The van der Waals surface area contributed by atoms with Gasteiger partial charge in [-0.05, 0) is 35.2 Å². The van der Waals surface area contributed by atoms with Crippen LogP contribution in [-0.2, 0) is 13.0 Å². The quantitative estimate of drug-likeness (QED) is 0.601. The minimum absolute atomic E-state index is 0. The Morgan fingerprint density at radius 1 is 1.12 bits per heavy atom. The molecule has 0 saturated heterocycles. The summed E-state index contributed by atoms with van der Waals surface area (Å²) in [6.07, 6.45) is 0.558. The zero-order valence-electron chi connectivity index (χ0n) is 12.8. The number of hydrogen-bond acceptors (Lipinski definition) is 1. The molecule has 3 rings (SSSR count). The van der Waals surface area contributed by atoms with E-state index in [1.807, 2.05) is 0 Å². The Bertz CT molecular complexity index is 834. The molecule has 0 bridgehead atoms. The molecule has 0 saturated carbocycles. The van der Waals surface area contributed by atoms with Crippen LogP contribution in [0.4, 0.5) is 9.18 Å². The molecular formula is C18H20ClFN4O. The van der Waals surface area contributed by atoms with Crippen molar-refractivity contribution in [1.82, 2.24) is 4.90 Å². The normalized spacial score (nSPS) is 12.8. The van der Waals surface area contributed by atoms with Gasteiger partial charge in [-0.1, -0.05) is 43.3 Å². The zero-order valence-corrected chi connectivity index (χ0v) is 13.6. The van der Waals surface area contributed by atoms with Gasteiger partial charge in [-0.15, -0.1) is 0 Å². The van der Waals surface area contributed by atoms with Crippen LogP contribution in [0.2, 0.25) is 5.02 Å². The number of rotatable bonds is 1. The van der Waals surface area contributed by atoms with Gasteiger partial charge in [-0.3, -0.25) is 0 Å². The van der Waals surface area contributed by atoms with E-state index >= 15 is 0 Å². The average molecular weight is 363 g/mol. The first-order valence-electron chi connectivity index (χ1n) is 7.41. The Kier molecular flexibility index (Phi) is 5.64. The average Bonchev–Trinajstić information content (AvgIpc) is 2.55. The summed E-state index contributed by atoms with van der Waals surface area (Å²) >= 11 is 6.29. The number of aliphatic imine (C=N–C) groups is 1. The SMILES string of the molecule is C.NC(N)=NC(=O)N1CCc2c(Cl)ccc(-c3ccccc3F)c2C1. The zero-order chi connectivity index (χ0) is 17.3. The maximum atomic E-state index is 14.2. The molecule has 0 spiro atoms. The molecule has 132 valence electrons. The molecule has 0 unspecified atom stereocenters. The predicted octanol–water partition coefficient (Wildman–Crippen LogP) is 3.53. The van der Waals surface area contributed by atoms with Crippen LogP contribution >= 0.6 is 11.6 Å². The number of amides is 2. The number of carbonyl (C=O) groups excluding carboxylic acids is 1. The highest BCUT2D eigenvalue weighted by atomic mass is 35.5. The molecule has 2 amide bonds. The molecule has 5 nitrogen and oxygen atoms in total. The molecule has 1 heterocycles. The van der Waals surface area contributed by atoms with Gasteiger partial charge in [0.15, 0.2) is 5.96 Å². The number of carbonyl (C=O) groups is 1. The Balaban J connectivity index is 0.00000225. The van der Waals surface area contributed by atoms with Gasteiger partial charge in [0.05, 0.1) is 0 Å². The van der Waals surface area contributed by atoms with E-state index in [1.54, 1.807) is 30.3 Å². The lowest BCUT2D eigenvalue weighted by molar-refractivity contribution is 0.203. The Morgan fingerprint density at radius 2 is 1.84 bits per heavy atom. The Labute approximate surface area is 151 Å². The van der Waals surface area contributed by atoms with Crippen LogP contribution in [0.1, 0.15) is 18.6 Å². The fraction of sp³-hybridized carbons (Fsp3) is 0.222. The highest BCUT2D eigenvalue weighted by Gasteiger charge is 2.25. The van der Waals surface area contributed by atoms with Crippen LogP contribution in [-0.4, -0.2) is 23.4 Å². The predicted molar refractivity (Wildman–Crippen MR) is 98.9 cm³/mol. The van der Waals surface area contributed by atoms with Crippen molar-refractivity contribution < 1.29 is 9.18 Å². The Hall–Kier alpha value is -2.60. The highest BCUT2D eigenvalue weighted by molar-refractivity contribution is 6.31. The summed E-state index contributed by atoms with van der Waals surface area (Å²) in [7, 11) is 0. The summed E-state index contributed by atoms with van der Waals surface area (Å²) in [5, 5.41) is 0.610. The third kappa shape index (κ3) is 3.74. The van der Waals surface area contributed by atoms with E-state index in [0.29, 0.717) is 23.6 Å². The van der Waals surface area contributed by atoms with Crippen molar-refractivity contribution in [3.05, 3.63) is 58.4 Å². The molecule has 25 heavy (non-hydrogen) atoms. The first kappa shape index (κ1) is 18.7. The molecule has 2 aromatic rings. The molecule has 0 radical (unpaired) electrons. The van der Waals surface area contributed by atoms with Gasteiger partial charge in [0.25, 0.3) is 0 Å². The van der Waals surface area contributed by atoms with Gasteiger partial charge in [0.2, 0.25) is 0 Å². The lowest BCUT2D eigenvalue weighted by atomic mass is 9.91. The molecule has 7 heteroatoms. The summed E-state index contributed by atoms with van der Waals surface area (Å²) in [5.41, 5.74) is 13.5. The molecular weight excluding hydrogens is 343 g/mol. The van der Waals surface area contributed by atoms with Crippen molar-refractivity contribution in [1.29, 1.82) is 0 Å². The van der Waals surface area contributed by atoms with Crippen LogP contribution in [0, 0.1) is 5.82 Å². The molecule has 1 aliphatic rings. The van der Waals surface area contributed by atoms with Gasteiger partial charge < -0.3 is 16.4 Å². The van der Waals surface area contributed by atoms with Crippen molar-refractivity contribution in [2.45, 2.75) is 20.4 Å². The number of nitrogens with zero attached hydrogens (tertiary/aromatic N) is 2. The van der Waals surface area contributed by atoms with Gasteiger partial charge in [0.1, 0.15) is 5.82 Å². The van der Waals surface area contributed by atoms with Gasteiger partial charge >= 0.3 is 6.03 Å². The molecule has 0 atom stereocenters. The molecule has 4 N–H and O–H groups in total. The fourth-order valence-corrected chi connectivity index (χ4v) is 3.18. The maximum Gasteiger partial charge on any atom is 0.347 e. The number of benzene rings is 2. The topological polar surface area (TPSA) is 84.7 Å². The van der Waals surface area contributed by atoms with E-state index in [2.05, 4.69) is 4.99 Å². The summed E-state index contributed by atoms with van der Waals surface area (Å²) in [6.45, 7) is 0.720. The van der Waals surface area contributed by atoms with Crippen LogP contribution < -0.4 is 11.5 Å². The molecule has 0 aromatic heterocycles. The number of fused-ring (bicyclic) bond motifs is 1. The second-order valence-electron chi connectivity index (χ2n) is 5.52. The first-order valence-corrected chi connectivity index (χ1v) is 7.79. The van der Waals surface area contributed by atoms with Crippen LogP contribution in [0.25, 0.3) is 11.1 Å². The van der Waals surface area contributed by atoms with Crippen molar-refractivity contribution in [2.75, 3.05) is 6.54 Å². The standard InChI is InChI=1S/C17H16ClFN4O.CH4/c18-14-6-5-10(12-3-1-2-4-15(12)19)13-9-23(8-7-11(13)14)17(24)22-16(20)21;/h1-6H,7-9H2,(H4,20,21,22,24);1H4. The molecule has 2 aromatic carbocycles. The summed E-state index contributed by atoms with van der Waals surface area (Å²) in [4.78, 5) is 17.2. The number of guanidine groups is 1. The van der Waals surface area contributed by atoms with Gasteiger partial charge in [-0.2, -0.15) is 4.99 Å². The molecule has 0 aliphatic carbocycles. The van der Waals surface area contributed by atoms with Crippen LogP contribution in [0.3, 0.4) is 0 Å². The lowest BCUT2D eigenvalue weighted by Crippen LogP contribution is -2.36. The smallest absolute Gasteiger partial charge is 0.347 e. The highest BCUT2D eigenvalue weighted by Crippen LogP contribution is 2.35. The number of urea groups is 1. The van der Waals surface area contributed by atoms with Crippen molar-refractivity contribution in [2.24, 2.45) is 16.5 Å². The van der Waals surface area contributed by atoms with Gasteiger partial charge in [0, 0.05) is 23.7 Å². The molecule has 1 aliphatic heterocycles. The second kappa shape index (κ2) is 7.53. The van der Waals surface area contributed by atoms with Crippen molar-refractivity contribution in [3.63, 3.8) is 0 Å². The molecule has 0 fully saturated rings. The monoisotopic (exact) mass is 362 g/mol.